The van der Waals surface area contributed by atoms with E-state index in [0.29, 0.717) is 17.9 Å². The molecular formula is C14H28N2O. The lowest BCUT2D eigenvalue weighted by atomic mass is 9.93. The molecule has 1 aliphatic heterocycles. The minimum Gasteiger partial charge on any atom is -0.342 e. The van der Waals surface area contributed by atoms with Gasteiger partial charge in [-0.2, -0.15) is 0 Å². The summed E-state index contributed by atoms with van der Waals surface area (Å²) < 4.78 is 0. The van der Waals surface area contributed by atoms with Crippen molar-refractivity contribution in [3.63, 3.8) is 0 Å². The molecule has 0 aromatic carbocycles. The van der Waals surface area contributed by atoms with E-state index in [4.69, 9.17) is 0 Å². The Morgan fingerprint density at radius 1 is 1.41 bits per heavy atom. The molecule has 1 heterocycles. The molecule has 0 radical (unpaired) electrons. The van der Waals surface area contributed by atoms with Gasteiger partial charge in [-0.05, 0) is 44.6 Å². The van der Waals surface area contributed by atoms with Crippen LogP contribution in [-0.4, -0.2) is 36.5 Å². The number of hydrogen-bond acceptors (Lipinski definition) is 2. The van der Waals surface area contributed by atoms with Crippen molar-refractivity contribution in [1.82, 2.24) is 10.2 Å². The van der Waals surface area contributed by atoms with Crippen LogP contribution in [0.25, 0.3) is 0 Å². The first kappa shape index (κ1) is 14.5. The van der Waals surface area contributed by atoms with E-state index in [1.54, 1.807) is 0 Å². The van der Waals surface area contributed by atoms with Gasteiger partial charge in [0.25, 0.3) is 0 Å². The molecule has 0 aromatic rings. The summed E-state index contributed by atoms with van der Waals surface area (Å²) in [7, 11) is 1.94. The molecular weight excluding hydrogens is 212 g/mol. The summed E-state index contributed by atoms with van der Waals surface area (Å²) in [4.78, 5) is 14.3. The van der Waals surface area contributed by atoms with Crippen LogP contribution < -0.4 is 5.32 Å². The number of nitrogens with zero attached hydrogens (tertiary/aromatic N) is 1. The third-order valence-electron chi connectivity index (χ3n) is 3.79. The Labute approximate surface area is 106 Å². The van der Waals surface area contributed by atoms with Gasteiger partial charge < -0.3 is 10.2 Å². The summed E-state index contributed by atoms with van der Waals surface area (Å²) in [6.07, 6.45) is 3.25. The van der Waals surface area contributed by atoms with Crippen LogP contribution >= 0.6 is 0 Å². The molecule has 0 aliphatic carbocycles. The van der Waals surface area contributed by atoms with Crippen molar-refractivity contribution in [1.29, 1.82) is 0 Å². The summed E-state index contributed by atoms with van der Waals surface area (Å²) in [6.45, 7) is 9.76. The summed E-state index contributed by atoms with van der Waals surface area (Å²) in [5.41, 5.74) is 0. The predicted octanol–water partition coefficient (Wildman–Crippen LogP) is 2.27. The zero-order chi connectivity index (χ0) is 13.0. The van der Waals surface area contributed by atoms with Gasteiger partial charge in [-0.3, -0.25) is 4.79 Å². The monoisotopic (exact) mass is 240 g/mol. The van der Waals surface area contributed by atoms with Crippen LogP contribution in [0.5, 0.6) is 0 Å². The zero-order valence-corrected chi connectivity index (χ0v) is 12.0. The molecule has 0 bridgehead atoms. The number of likely N-dealkylation sites (N-methyl/N-ethyl adjacent to an activating group) is 1. The normalized spacial score (nSPS) is 26.9. The molecule has 17 heavy (non-hydrogen) atoms. The molecule has 3 unspecified atom stereocenters. The van der Waals surface area contributed by atoms with Crippen LogP contribution in [0.4, 0.5) is 0 Å². The lowest BCUT2D eigenvalue weighted by Crippen LogP contribution is -2.51. The molecule has 3 atom stereocenters. The Hall–Kier alpha value is -0.570. The van der Waals surface area contributed by atoms with Gasteiger partial charge in [0, 0.05) is 13.1 Å². The van der Waals surface area contributed by atoms with E-state index in [1.807, 2.05) is 11.9 Å². The topological polar surface area (TPSA) is 32.3 Å². The number of carbonyl (C=O) groups excluding carboxylic acids is 1. The maximum absolute atomic E-state index is 12.3. The van der Waals surface area contributed by atoms with E-state index in [-0.39, 0.29) is 11.9 Å². The van der Waals surface area contributed by atoms with Crippen LogP contribution in [0, 0.1) is 11.8 Å². The van der Waals surface area contributed by atoms with Crippen molar-refractivity contribution < 1.29 is 4.79 Å². The van der Waals surface area contributed by atoms with Gasteiger partial charge in [-0.25, -0.2) is 0 Å². The average molecular weight is 240 g/mol. The van der Waals surface area contributed by atoms with Crippen molar-refractivity contribution in [2.45, 2.75) is 59.0 Å². The third-order valence-corrected chi connectivity index (χ3v) is 3.79. The number of carbonyl (C=O) groups is 1. The fourth-order valence-electron chi connectivity index (χ4n) is 2.60. The first-order valence-electron chi connectivity index (χ1n) is 6.91. The molecule has 1 aliphatic rings. The van der Waals surface area contributed by atoms with E-state index < -0.39 is 0 Å². The second-order valence-electron chi connectivity index (χ2n) is 6.06. The Balaban J connectivity index is 2.50. The number of nitrogens with one attached hydrogen (secondary N) is 1. The van der Waals surface area contributed by atoms with Gasteiger partial charge in [-0.15, -0.1) is 0 Å². The quantitative estimate of drug-likeness (QED) is 0.817. The molecule has 3 nitrogen and oxygen atoms in total. The molecule has 1 fully saturated rings. The number of rotatable bonds is 4. The predicted molar refractivity (Wildman–Crippen MR) is 71.9 cm³/mol. The zero-order valence-electron chi connectivity index (χ0n) is 12.0. The lowest BCUT2D eigenvalue weighted by Gasteiger charge is -2.33. The minimum absolute atomic E-state index is 0.0402. The summed E-state index contributed by atoms with van der Waals surface area (Å²) >= 11 is 0. The van der Waals surface area contributed by atoms with Gasteiger partial charge >= 0.3 is 0 Å². The second kappa shape index (κ2) is 6.39. The highest BCUT2D eigenvalue weighted by Gasteiger charge is 2.28. The van der Waals surface area contributed by atoms with E-state index in [9.17, 15) is 4.79 Å². The van der Waals surface area contributed by atoms with Crippen molar-refractivity contribution in [2.75, 3.05) is 13.6 Å². The van der Waals surface area contributed by atoms with Crippen molar-refractivity contribution in [3.05, 3.63) is 0 Å². The van der Waals surface area contributed by atoms with E-state index in [1.165, 1.54) is 6.42 Å². The van der Waals surface area contributed by atoms with Gasteiger partial charge in [0.1, 0.15) is 0 Å². The molecule has 1 saturated heterocycles. The summed E-state index contributed by atoms with van der Waals surface area (Å²) in [5, 5.41) is 3.35. The van der Waals surface area contributed by atoms with Crippen molar-refractivity contribution in [2.24, 2.45) is 11.8 Å². The highest BCUT2D eigenvalue weighted by Crippen LogP contribution is 2.18. The molecule has 0 saturated carbocycles. The largest absolute Gasteiger partial charge is 0.342 e. The first-order chi connectivity index (χ1) is 7.91. The highest BCUT2D eigenvalue weighted by molar-refractivity contribution is 5.82. The van der Waals surface area contributed by atoms with Crippen LogP contribution in [0.1, 0.15) is 47.0 Å². The van der Waals surface area contributed by atoms with E-state index in [2.05, 4.69) is 33.0 Å². The number of hydrogen-bond donors (Lipinski definition) is 1. The van der Waals surface area contributed by atoms with Gasteiger partial charge in [0.2, 0.25) is 5.91 Å². The van der Waals surface area contributed by atoms with Crippen LogP contribution in [-0.2, 0) is 4.79 Å². The Bertz CT molecular complexity index is 253. The summed E-state index contributed by atoms with van der Waals surface area (Å²) in [6, 6.07) is 0.375. The van der Waals surface area contributed by atoms with Gasteiger partial charge in [0.15, 0.2) is 0 Å². The van der Waals surface area contributed by atoms with Crippen molar-refractivity contribution in [3.8, 4) is 0 Å². The Morgan fingerprint density at radius 2 is 2.06 bits per heavy atom. The number of piperidine rings is 1. The van der Waals surface area contributed by atoms with Gasteiger partial charge in [0.05, 0.1) is 6.04 Å². The standard InChI is InChI=1S/C14H28N2O/c1-10(2)8-12(4)16(5)14(17)13-9-11(3)6-7-15-13/h10-13,15H,6-9H2,1-5H3. The first-order valence-corrected chi connectivity index (χ1v) is 6.91. The molecule has 3 heteroatoms. The lowest BCUT2D eigenvalue weighted by molar-refractivity contribution is -0.135. The molecule has 100 valence electrons. The van der Waals surface area contributed by atoms with Gasteiger partial charge in [-0.1, -0.05) is 20.8 Å². The molecule has 0 aromatic heterocycles. The smallest absolute Gasteiger partial charge is 0.239 e. The maximum atomic E-state index is 12.3. The SMILES string of the molecule is CC(C)CC(C)N(C)C(=O)C1CC(C)CCN1. The molecule has 1 amide bonds. The fraction of sp³-hybridized carbons (Fsp3) is 0.929. The maximum Gasteiger partial charge on any atom is 0.239 e. The highest BCUT2D eigenvalue weighted by atomic mass is 16.2. The van der Waals surface area contributed by atoms with Crippen molar-refractivity contribution >= 4 is 5.91 Å². The van der Waals surface area contributed by atoms with Crippen LogP contribution in [0.2, 0.25) is 0 Å². The fourth-order valence-corrected chi connectivity index (χ4v) is 2.60. The molecule has 0 spiro atoms. The molecule has 1 rings (SSSR count). The number of amides is 1. The molecule has 1 N–H and O–H groups in total. The average Bonchev–Trinajstić information content (AvgIpc) is 2.26. The van der Waals surface area contributed by atoms with E-state index in [0.717, 1.165) is 19.4 Å². The second-order valence-corrected chi connectivity index (χ2v) is 6.06. The van der Waals surface area contributed by atoms with Crippen LogP contribution in [0.15, 0.2) is 0 Å². The Morgan fingerprint density at radius 3 is 2.59 bits per heavy atom. The Kier molecular flexibility index (Phi) is 5.44. The van der Waals surface area contributed by atoms with E-state index >= 15 is 0 Å². The third kappa shape index (κ3) is 4.30. The van der Waals surface area contributed by atoms with Crippen LogP contribution in [0.3, 0.4) is 0 Å². The minimum atomic E-state index is 0.0402. The summed E-state index contributed by atoms with van der Waals surface area (Å²) in [5.74, 6) is 1.57.